The molecule has 1 aromatic rings. The predicted octanol–water partition coefficient (Wildman–Crippen LogP) is 3.49. The highest BCUT2D eigenvalue weighted by Crippen LogP contribution is 2.29. The summed E-state index contributed by atoms with van der Waals surface area (Å²) in [7, 11) is -3.63. The minimum Gasteiger partial charge on any atom is -0.330 e. The van der Waals surface area contributed by atoms with E-state index < -0.39 is 10.0 Å². The summed E-state index contributed by atoms with van der Waals surface area (Å²) in [4.78, 5) is 0.133. The smallest absolute Gasteiger partial charge is 0.244 e. The molecule has 0 fully saturated rings. The molecule has 0 spiro atoms. The molecule has 0 bridgehead atoms. The topological polar surface area (TPSA) is 63.4 Å². The predicted molar refractivity (Wildman–Crippen MR) is 91.0 cm³/mol. The highest BCUT2D eigenvalue weighted by molar-refractivity contribution is 9.10. The van der Waals surface area contributed by atoms with E-state index in [0.29, 0.717) is 19.6 Å². The monoisotopic (exact) mass is 396 g/mol. The molecule has 21 heavy (non-hydrogen) atoms. The first-order chi connectivity index (χ1) is 9.64. The maximum atomic E-state index is 12.8. The first-order valence-electron chi connectivity index (χ1n) is 6.79. The van der Waals surface area contributed by atoms with Crippen molar-refractivity contribution in [2.45, 2.75) is 32.1 Å². The number of benzene rings is 1. The summed E-state index contributed by atoms with van der Waals surface area (Å²) in [6.45, 7) is 7.07. The van der Waals surface area contributed by atoms with Gasteiger partial charge in [-0.1, -0.05) is 48.3 Å². The number of hydrogen-bond acceptors (Lipinski definition) is 3. The van der Waals surface area contributed by atoms with Crippen LogP contribution < -0.4 is 5.73 Å². The van der Waals surface area contributed by atoms with Gasteiger partial charge in [0.05, 0.1) is 5.02 Å². The number of nitrogens with two attached hydrogens (primary N) is 1. The standard InChI is InChI=1S/C14H22BrClN2O2S/c1-4-7-18(10-14(2,3)9-17)21(19,20)13-6-5-11(15)8-12(13)16/h5-6,8H,4,7,9-10,17H2,1-3H3. The molecule has 0 atom stereocenters. The van der Waals surface area contributed by atoms with Crippen LogP contribution in [0.15, 0.2) is 27.6 Å². The zero-order chi connectivity index (χ0) is 16.3. The lowest BCUT2D eigenvalue weighted by Crippen LogP contribution is -2.42. The Bertz CT molecular complexity index is 591. The first-order valence-corrected chi connectivity index (χ1v) is 9.40. The van der Waals surface area contributed by atoms with Crippen molar-refractivity contribution in [1.82, 2.24) is 4.31 Å². The van der Waals surface area contributed by atoms with Crippen LogP contribution in [0, 0.1) is 5.41 Å². The average Bonchev–Trinajstić information content (AvgIpc) is 2.37. The van der Waals surface area contributed by atoms with Gasteiger partial charge in [0, 0.05) is 17.6 Å². The Morgan fingerprint density at radius 2 is 2.00 bits per heavy atom. The number of hydrogen-bond donors (Lipinski definition) is 1. The van der Waals surface area contributed by atoms with Crippen LogP contribution in [-0.4, -0.2) is 32.4 Å². The maximum absolute atomic E-state index is 12.8. The Labute approximate surface area is 140 Å². The second-order valence-corrected chi connectivity index (χ2v) is 9.01. The van der Waals surface area contributed by atoms with Crippen molar-refractivity contribution in [3.05, 3.63) is 27.7 Å². The summed E-state index contributed by atoms with van der Waals surface area (Å²) in [5, 5.41) is 0.219. The molecular weight excluding hydrogens is 376 g/mol. The van der Waals surface area contributed by atoms with Crippen molar-refractivity contribution in [2.75, 3.05) is 19.6 Å². The van der Waals surface area contributed by atoms with Crippen molar-refractivity contribution in [2.24, 2.45) is 11.1 Å². The van der Waals surface area contributed by atoms with Gasteiger partial charge < -0.3 is 5.73 Å². The summed E-state index contributed by atoms with van der Waals surface area (Å²) < 4.78 is 27.9. The molecule has 1 aromatic carbocycles. The van der Waals surface area contributed by atoms with Crippen LogP contribution in [0.1, 0.15) is 27.2 Å². The molecule has 0 aliphatic heterocycles. The van der Waals surface area contributed by atoms with E-state index in [1.54, 1.807) is 12.1 Å². The van der Waals surface area contributed by atoms with Gasteiger partial charge in [-0.15, -0.1) is 0 Å². The van der Waals surface area contributed by atoms with Crippen molar-refractivity contribution in [3.8, 4) is 0 Å². The minimum atomic E-state index is -3.63. The van der Waals surface area contributed by atoms with Gasteiger partial charge in [0.1, 0.15) is 4.90 Å². The summed E-state index contributed by atoms with van der Waals surface area (Å²) in [6, 6.07) is 4.80. The van der Waals surface area contributed by atoms with E-state index >= 15 is 0 Å². The molecule has 0 amide bonds. The van der Waals surface area contributed by atoms with Gasteiger partial charge in [-0.3, -0.25) is 0 Å². The number of rotatable bonds is 7. The molecular formula is C14H22BrClN2O2S. The van der Waals surface area contributed by atoms with Crippen molar-refractivity contribution >= 4 is 37.6 Å². The van der Waals surface area contributed by atoms with Crippen LogP contribution in [0.2, 0.25) is 5.02 Å². The van der Waals surface area contributed by atoms with Crippen LogP contribution in [0.25, 0.3) is 0 Å². The molecule has 1 rings (SSSR count). The van der Waals surface area contributed by atoms with E-state index in [4.69, 9.17) is 17.3 Å². The van der Waals surface area contributed by atoms with E-state index in [1.807, 2.05) is 20.8 Å². The van der Waals surface area contributed by atoms with Gasteiger partial charge in [-0.05, 0) is 36.6 Å². The zero-order valence-electron chi connectivity index (χ0n) is 12.6. The summed E-state index contributed by atoms with van der Waals surface area (Å²) in [5.41, 5.74) is 5.44. The molecule has 0 aliphatic carbocycles. The van der Waals surface area contributed by atoms with Crippen LogP contribution >= 0.6 is 27.5 Å². The van der Waals surface area contributed by atoms with E-state index in [2.05, 4.69) is 15.9 Å². The highest BCUT2D eigenvalue weighted by atomic mass is 79.9. The lowest BCUT2D eigenvalue weighted by atomic mass is 9.94. The van der Waals surface area contributed by atoms with Crippen LogP contribution in [0.5, 0.6) is 0 Å². The molecule has 0 heterocycles. The van der Waals surface area contributed by atoms with Crippen molar-refractivity contribution < 1.29 is 8.42 Å². The van der Waals surface area contributed by atoms with Crippen LogP contribution in [0.3, 0.4) is 0 Å². The first kappa shape index (κ1) is 18.9. The fraction of sp³-hybridized carbons (Fsp3) is 0.571. The van der Waals surface area contributed by atoms with Crippen molar-refractivity contribution in [3.63, 3.8) is 0 Å². The fourth-order valence-electron chi connectivity index (χ4n) is 1.90. The average molecular weight is 398 g/mol. The molecule has 7 heteroatoms. The summed E-state index contributed by atoms with van der Waals surface area (Å²) in [5.74, 6) is 0. The van der Waals surface area contributed by atoms with Gasteiger partial charge in [-0.2, -0.15) is 4.31 Å². The fourth-order valence-corrected chi connectivity index (χ4v) is 4.63. The number of nitrogens with zero attached hydrogens (tertiary/aromatic N) is 1. The summed E-state index contributed by atoms with van der Waals surface area (Å²) >= 11 is 9.38. The van der Waals surface area contributed by atoms with Gasteiger partial charge in [0.25, 0.3) is 0 Å². The van der Waals surface area contributed by atoms with Crippen LogP contribution in [0.4, 0.5) is 0 Å². The Morgan fingerprint density at radius 3 is 2.48 bits per heavy atom. The molecule has 0 aromatic heterocycles. The Hall–Kier alpha value is -0.140. The van der Waals surface area contributed by atoms with E-state index in [0.717, 1.165) is 10.9 Å². The molecule has 2 N–H and O–H groups in total. The second-order valence-electron chi connectivity index (χ2n) is 5.78. The molecule has 0 aliphatic rings. The Kier molecular flexibility index (Phi) is 6.68. The normalized spacial score (nSPS) is 12.9. The lowest BCUT2D eigenvalue weighted by molar-refractivity contribution is 0.266. The molecule has 0 saturated heterocycles. The Morgan fingerprint density at radius 1 is 1.38 bits per heavy atom. The molecule has 4 nitrogen and oxygen atoms in total. The van der Waals surface area contributed by atoms with Gasteiger partial charge in [-0.25, -0.2) is 8.42 Å². The van der Waals surface area contributed by atoms with E-state index in [9.17, 15) is 8.42 Å². The molecule has 0 radical (unpaired) electrons. The number of sulfonamides is 1. The SMILES string of the molecule is CCCN(CC(C)(C)CN)S(=O)(=O)c1ccc(Br)cc1Cl. The van der Waals surface area contributed by atoms with Gasteiger partial charge >= 0.3 is 0 Å². The zero-order valence-corrected chi connectivity index (χ0v) is 15.7. The Balaban J connectivity index is 3.21. The van der Waals surface area contributed by atoms with Gasteiger partial charge in [0.2, 0.25) is 10.0 Å². The van der Waals surface area contributed by atoms with Crippen LogP contribution in [-0.2, 0) is 10.0 Å². The third-order valence-electron chi connectivity index (χ3n) is 3.14. The highest BCUT2D eigenvalue weighted by Gasteiger charge is 2.30. The molecule has 0 saturated carbocycles. The number of halogens is 2. The minimum absolute atomic E-state index is 0.133. The largest absolute Gasteiger partial charge is 0.330 e. The second kappa shape index (κ2) is 7.42. The molecule has 0 unspecified atom stereocenters. The van der Waals surface area contributed by atoms with Crippen molar-refractivity contribution in [1.29, 1.82) is 0 Å². The van der Waals surface area contributed by atoms with E-state index in [1.165, 1.54) is 10.4 Å². The molecule has 120 valence electrons. The quantitative estimate of drug-likeness (QED) is 0.766. The summed E-state index contributed by atoms with van der Waals surface area (Å²) in [6.07, 6.45) is 0.730. The third kappa shape index (κ3) is 4.93. The maximum Gasteiger partial charge on any atom is 0.244 e. The van der Waals surface area contributed by atoms with Gasteiger partial charge in [0.15, 0.2) is 0 Å². The third-order valence-corrected chi connectivity index (χ3v) is 5.96. The van der Waals surface area contributed by atoms with E-state index in [-0.39, 0.29) is 15.3 Å². The lowest BCUT2D eigenvalue weighted by Gasteiger charge is -2.31.